The zero-order chi connectivity index (χ0) is 13.2. The lowest BCUT2D eigenvalue weighted by atomic mass is 10.4. The van der Waals surface area contributed by atoms with Crippen LogP contribution in [0.2, 0.25) is 0 Å². The van der Waals surface area contributed by atoms with E-state index in [0.717, 1.165) is 0 Å². The molecule has 8 nitrogen and oxygen atoms in total. The fourth-order valence-corrected chi connectivity index (χ4v) is 2.54. The number of rotatable bonds is 5. The number of carbonyl (C=O) groups is 1. The van der Waals surface area contributed by atoms with E-state index in [1.165, 1.54) is 12.3 Å². The third kappa shape index (κ3) is 3.29. The molecule has 1 amide bonds. The number of anilines is 1. The SMILES string of the molecule is NC(=O)OCc1ccnc(NS(=O)(=O)C2CC2)n1. The summed E-state index contributed by atoms with van der Waals surface area (Å²) < 4.78 is 30.1. The molecule has 98 valence electrons. The highest BCUT2D eigenvalue weighted by atomic mass is 32.2. The van der Waals surface area contributed by atoms with Crippen LogP contribution in [0.5, 0.6) is 0 Å². The van der Waals surface area contributed by atoms with Gasteiger partial charge in [-0.1, -0.05) is 0 Å². The Morgan fingerprint density at radius 2 is 2.28 bits per heavy atom. The number of nitrogens with one attached hydrogen (secondary N) is 1. The van der Waals surface area contributed by atoms with Crippen molar-refractivity contribution in [2.75, 3.05) is 4.72 Å². The first kappa shape index (κ1) is 12.6. The summed E-state index contributed by atoms with van der Waals surface area (Å²) in [7, 11) is -3.40. The van der Waals surface area contributed by atoms with Crippen LogP contribution in [0.25, 0.3) is 0 Å². The van der Waals surface area contributed by atoms with Crippen molar-refractivity contribution >= 4 is 22.1 Å². The fourth-order valence-electron chi connectivity index (χ4n) is 1.26. The van der Waals surface area contributed by atoms with E-state index in [1.54, 1.807) is 0 Å². The molecule has 1 aliphatic carbocycles. The van der Waals surface area contributed by atoms with Crippen LogP contribution in [0.15, 0.2) is 12.3 Å². The monoisotopic (exact) mass is 272 g/mol. The van der Waals surface area contributed by atoms with E-state index in [0.29, 0.717) is 18.5 Å². The van der Waals surface area contributed by atoms with Crippen LogP contribution < -0.4 is 10.5 Å². The highest BCUT2D eigenvalue weighted by Crippen LogP contribution is 2.28. The normalized spacial score (nSPS) is 15.1. The molecule has 3 N–H and O–H groups in total. The quantitative estimate of drug-likeness (QED) is 0.775. The van der Waals surface area contributed by atoms with Crippen molar-refractivity contribution in [1.82, 2.24) is 9.97 Å². The van der Waals surface area contributed by atoms with Gasteiger partial charge in [-0.3, -0.25) is 4.72 Å². The van der Waals surface area contributed by atoms with E-state index in [4.69, 9.17) is 5.73 Å². The number of amides is 1. The molecule has 1 aliphatic rings. The largest absolute Gasteiger partial charge is 0.443 e. The molecule has 1 aromatic rings. The fraction of sp³-hybridized carbons (Fsp3) is 0.444. The molecule has 0 aromatic carbocycles. The van der Waals surface area contributed by atoms with E-state index in [9.17, 15) is 13.2 Å². The lowest BCUT2D eigenvalue weighted by molar-refractivity contribution is 0.149. The van der Waals surface area contributed by atoms with Crippen molar-refractivity contribution in [3.8, 4) is 0 Å². The summed E-state index contributed by atoms with van der Waals surface area (Å²) in [6.07, 6.45) is 1.76. The van der Waals surface area contributed by atoms with E-state index < -0.39 is 16.1 Å². The molecule has 0 bridgehead atoms. The third-order valence-electron chi connectivity index (χ3n) is 2.27. The molecule has 0 aliphatic heterocycles. The number of hydrogen-bond donors (Lipinski definition) is 2. The Bertz CT molecular complexity index is 555. The molecular formula is C9H12N4O4S. The zero-order valence-electron chi connectivity index (χ0n) is 9.37. The van der Waals surface area contributed by atoms with Gasteiger partial charge in [0.15, 0.2) is 0 Å². The molecule has 9 heteroatoms. The first-order chi connectivity index (χ1) is 8.47. The standard InChI is InChI=1S/C9H12N4O4S/c10-8(14)17-5-6-3-4-11-9(12-6)13-18(15,16)7-1-2-7/h3-4,7H,1-2,5H2,(H2,10,14)(H,11,12,13). The van der Waals surface area contributed by atoms with Crippen molar-refractivity contribution in [3.05, 3.63) is 18.0 Å². The molecule has 0 spiro atoms. The number of nitrogens with two attached hydrogens (primary N) is 1. The molecule has 18 heavy (non-hydrogen) atoms. The molecule has 0 radical (unpaired) electrons. The molecule has 2 rings (SSSR count). The minimum absolute atomic E-state index is 0.0347. The van der Waals surface area contributed by atoms with Crippen molar-refractivity contribution in [3.63, 3.8) is 0 Å². The Balaban J connectivity index is 2.05. The Kier molecular flexibility index (Phi) is 3.32. The molecular weight excluding hydrogens is 260 g/mol. The second kappa shape index (κ2) is 4.77. The number of ether oxygens (including phenoxy) is 1. The van der Waals surface area contributed by atoms with Crippen LogP contribution in [0.3, 0.4) is 0 Å². The smallest absolute Gasteiger partial charge is 0.404 e. The second-order valence-electron chi connectivity index (χ2n) is 3.83. The average molecular weight is 272 g/mol. The zero-order valence-corrected chi connectivity index (χ0v) is 10.2. The number of aromatic nitrogens is 2. The number of primary amides is 1. The van der Waals surface area contributed by atoms with Gasteiger partial charge in [-0.2, -0.15) is 0 Å². The predicted octanol–water partition coefficient (Wildman–Crippen LogP) is -0.0240. The maximum Gasteiger partial charge on any atom is 0.404 e. The van der Waals surface area contributed by atoms with Gasteiger partial charge in [0.05, 0.1) is 10.9 Å². The third-order valence-corrected chi connectivity index (χ3v) is 4.09. The van der Waals surface area contributed by atoms with Crippen LogP contribution in [0.1, 0.15) is 18.5 Å². The van der Waals surface area contributed by atoms with Gasteiger partial charge in [-0.05, 0) is 18.9 Å². The van der Waals surface area contributed by atoms with Gasteiger partial charge in [-0.15, -0.1) is 0 Å². The summed E-state index contributed by atoms with van der Waals surface area (Å²) in [5.41, 5.74) is 5.17. The maximum absolute atomic E-state index is 11.6. The predicted molar refractivity (Wildman–Crippen MR) is 62.0 cm³/mol. The molecule has 0 unspecified atom stereocenters. The molecule has 1 aromatic heterocycles. The Labute approximate surface area is 104 Å². The molecule has 1 saturated carbocycles. The van der Waals surface area contributed by atoms with Crippen LogP contribution in [-0.2, 0) is 21.4 Å². The topological polar surface area (TPSA) is 124 Å². The lowest BCUT2D eigenvalue weighted by Crippen LogP contribution is -2.19. The van der Waals surface area contributed by atoms with E-state index in [-0.39, 0.29) is 17.8 Å². The first-order valence-corrected chi connectivity index (χ1v) is 6.78. The van der Waals surface area contributed by atoms with Gasteiger partial charge in [-0.25, -0.2) is 23.2 Å². The molecule has 1 heterocycles. The van der Waals surface area contributed by atoms with Gasteiger partial charge < -0.3 is 10.5 Å². The Morgan fingerprint density at radius 3 is 2.89 bits per heavy atom. The minimum Gasteiger partial charge on any atom is -0.443 e. The maximum atomic E-state index is 11.6. The molecule has 0 saturated heterocycles. The number of carbonyl (C=O) groups excluding carboxylic acids is 1. The van der Waals surface area contributed by atoms with E-state index >= 15 is 0 Å². The summed E-state index contributed by atoms with van der Waals surface area (Å²) in [5.74, 6) is -0.0347. The second-order valence-corrected chi connectivity index (χ2v) is 5.79. The number of hydrogen-bond acceptors (Lipinski definition) is 6. The van der Waals surface area contributed by atoms with Crippen molar-refractivity contribution in [1.29, 1.82) is 0 Å². The summed E-state index contributed by atoms with van der Waals surface area (Å²) in [5, 5.41) is -0.355. The van der Waals surface area contributed by atoms with Gasteiger partial charge >= 0.3 is 6.09 Å². The van der Waals surface area contributed by atoms with Crippen LogP contribution in [-0.4, -0.2) is 29.7 Å². The van der Waals surface area contributed by atoms with Crippen molar-refractivity contribution in [2.45, 2.75) is 24.7 Å². The number of nitrogens with zero attached hydrogens (tertiary/aromatic N) is 2. The summed E-state index contributed by atoms with van der Waals surface area (Å²) in [6.45, 7) is -0.129. The van der Waals surface area contributed by atoms with Gasteiger partial charge in [0.25, 0.3) is 0 Å². The van der Waals surface area contributed by atoms with Crippen molar-refractivity contribution in [2.24, 2.45) is 5.73 Å². The Morgan fingerprint density at radius 1 is 1.56 bits per heavy atom. The summed E-state index contributed by atoms with van der Waals surface area (Å²) in [6, 6.07) is 1.50. The summed E-state index contributed by atoms with van der Waals surface area (Å²) in [4.78, 5) is 18.1. The minimum atomic E-state index is -3.40. The van der Waals surface area contributed by atoms with Crippen LogP contribution in [0.4, 0.5) is 10.7 Å². The van der Waals surface area contributed by atoms with E-state index in [1.807, 2.05) is 0 Å². The lowest BCUT2D eigenvalue weighted by Gasteiger charge is -2.06. The molecule has 1 fully saturated rings. The average Bonchev–Trinajstić information content (AvgIpc) is 3.10. The first-order valence-electron chi connectivity index (χ1n) is 5.23. The molecule has 0 atom stereocenters. The summed E-state index contributed by atoms with van der Waals surface area (Å²) >= 11 is 0. The van der Waals surface area contributed by atoms with Crippen LogP contribution >= 0.6 is 0 Å². The van der Waals surface area contributed by atoms with Gasteiger partial charge in [0, 0.05) is 6.20 Å². The highest BCUT2D eigenvalue weighted by Gasteiger charge is 2.36. The number of sulfonamides is 1. The highest BCUT2D eigenvalue weighted by molar-refractivity contribution is 7.93. The van der Waals surface area contributed by atoms with Gasteiger partial charge in [0.2, 0.25) is 16.0 Å². The van der Waals surface area contributed by atoms with Gasteiger partial charge in [0.1, 0.15) is 6.61 Å². The van der Waals surface area contributed by atoms with E-state index in [2.05, 4.69) is 19.4 Å². The van der Waals surface area contributed by atoms with Crippen LogP contribution in [0, 0.1) is 0 Å². The Hall–Kier alpha value is -1.90. The van der Waals surface area contributed by atoms with Crippen molar-refractivity contribution < 1.29 is 17.9 Å².